The number of amides is 1. The minimum atomic E-state index is -4.30. The summed E-state index contributed by atoms with van der Waals surface area (Å²) in [6.07, 6.45) is 8.06. The average Bonchev–Trinajstić information content (AvgIpc) is 3.59. The van der Waals surface area contributed by atoms with Crippen molar-refractivity contribution in [2.45, 2.75) is 24.5 Å². The third kappa shape index (κ3) is 4.66. The predicted octanol–water partition coefficient (Wildman–Crippen LogP) is 4.63. The van der Waals surface area contributed by atoms with Crippen LogP contribution in [0, 0.1) is 13.8 Å². The van der Waals surface area contributed by atoms with Gasteiger partial charge in [-0.15, -0.1) is 0 Å². The first-order valence-corrected chi connectivity index (χ1v) is 13.4. The van der Waals surface area contributed by atoms with E-state index in [1.54, 1.807) is 62.4 Å². The quantitative estimate of drug-likeness (QED) is 0.340. The molecule has 194 valence electrons. The van der Waals surface area contributed by atoms with Gasteiger partial charge in [-0.3, -0.25) is 4.79 Å². The van der Waals surface area contributed by atoms with Gasteiger partial charge in [0.25, 0.3) is 5.91 Å². The lowest BCUT2D eigenvalue weighted by Gasteiger charge is -2.39. The molecule has 2 N–H and O–H groups in total. The van der Waals surface area contributed by atoms with E-state index in [1.165, 1.54) is 12.5 Å². The van der Waals surface area contributed by atoms with E-state index in [0.717, 1.165) is 5.56 Å². The lowest BCUT2D eigenvalue weighted by Crippen LogP contribution is -2.54. The molecule has 2 aromatic carbocycles. The number of aromatic nitrogens is 2. The van der Waals surface area contributed by atoms with Crippen LogP contribution < -0.4 is 10.0 Å². The molecule has 2 atom stereocenters. The topological polar surface area (TPSA) is 127 Å². The molecule has 0 saturated heterocycles. The Morgan fingerprint density at radius 1 is 1.05 bits per heavy atom. The molecule has 2 aromatic heterocycles. The number of allylic oxidation sites excluding steroid dienone is 3. The van der Waals surface area contributed by atoms with Crippen molar-refractivity contribution in [3.8, 4) is 0 Å². The number of sulfonamides is 1. The van der Waals surface area contributed by atoms with Gasteiger partial charge in [0.1, 0.15) is 11.0 Å². The predicted molar refractivity (Wildman–Crippen MR) is 143 cm³/mol. The van der Waals surface area contributed by atoms with E-state index in [1.807, 2.05) is 30.3 Å². The maximum Gasteiger partial charge on any atom is 0.251 e. The van der Waals surface area contributed by atoms with E-state index in [-0.39, 0.29) is 18.3 Å². The van der Waals surface area contributed by atoms with Crippen LogP contribution in [0.25, 0.3) is 5.57 Å². The second-order valence-electron chi connectivity index (χ2n) is 9.02. The maximum atomic E-state index is 14.4. The van der Waals surface area contributed by atoms with Crippen LogP contribution in [0.2, 0.25) is 0 Å². The Bertz CT molecular complexity index is 1590. The molecule has 9 nitrogen and oxygen atoms in total. The van der Waals surface area contributed by atoms with Gasteiger partial charge >= 0.3 is 0 Å². The third-order valence-electron chi connectivity index (χ3n) is 6.68. The second-order valence-corrected chi connectivity index (χ2v) is 11.0. The van der Waals surface area contributed by atoms with Crippen LogP contribution in [0.1, 0.15) is 39.0 Å². The van der Waals surface area contributed by atoms with Crippen molar-refractivity contribution in [1.82, 2.24) is 15.5 Å². The molecule has 10 heteroatoms. The molecule has 0 aliphatic heterocycles. The highest BCUT2D eigenvalue weighted by Crippen LogP contribution is 2.43. The minimum absolute atomic E-state index is 0.0173. The number of rotatable bonds is 8. The summed E-state index contributed by atoms with van der Waals surface area (Å²) in [5.74, 6) is -0.809. The zero-order valence-electron chi connectivity index (χ0n) is 20.8. The first-order chi connectivity index (χ1) is 18.3. The number of hydrogen-bond donors (Lipinski definition) is 2. The standard InChI is InChI=1S/C28H26N4O5S/c1-19-20(2)31-37-26(19)32-38(34,35)28(18-30-25(33)22-11-7-4-8-12-22)17-23(27-29-15-16-36-27)13-14-24(28)21-9-5-3-6-10-21/h3-17,24,32H,18H2,1-2H3,(H,30,33). The van der Waals surface area contributed by atoms with Crippen molar-refractivity contribution in [3.63, 3.8) is 0 Å². The molecule has 2 unspecified atom stereocenters. The lowest BCUT2D eigenvalue weighted by molar-refractivity contribution is 0.0950. The summed E-state index contributed by atoms with van der Waals surface area (Å²) in [7, 11) is -4.30. The molecule has 4 aromatic rings. The maximum absolute atomic E-state index is 14.4. The Balaban J connectivity index is 1.66. The summed E-state index contributed by atoms with van der Waals surface area (Å²) in [4.78, 5) is 17.3. The molecule has 1 amide bonds. The van der Waals surface area contributed by atoms with E-state index in [4.69, 9.17) is 8.94 Å². The van der Waals surface area contributed by atoms with Gasteiger partial charge in [0.05, 0.1) is 11.9 Å². The van der Waals surface area contributed by atoms with Crippen LogP contribution in [0.15, 0.2) is 100 Å². The van der Waals surface area contributed by atoms with Gasteiger partial charge in [0.2, 0.25) is 21.8 Å². The summed E-state index contributed by atoms with van der Waals surface area (Å²) in [6, 6.07) is 17.9. The number of carbonyl (C=O) groups is 1. The minimum Gasteiger partial charge on any atom is -0.445 e. The van der Waals surface area contributed by atoms with Gasteiger partial charge < -0.3 is 14.3 Å². The normalized spacial score (nSPS) is 19.1. The fourth-order valence-electron chi connectivity index (χ4n) is 4.45. The summed E-state index contributed by atoms with van der Waals surface area (Å²) in [6.45, 7) is 3.19. The fourth-order valence-corrected chi connectivity index (χ4v) is 6.17. The highest BCUT2D eigenvalue weighted by atomic mass is 32.2. The van der Waals surface area contributed by atoms with Crippen molar-refractivity contribution in [1.29, 1.82) is 0 Å². The van der Waals surface area contributed by atoms with E-state index < -0.39 is 26.6 Å². The molecule has 0 saturated carbocycles. The van der Waals surface area contributed by atoms with Crippen molar-refractivity contribution < 1.29 is 22.2 Å². The van der Waals surface area contributed by atoms with Crippen LogP contribution in [0.5, 0.6) is 0 Å². The molecule has 0 bridgehead atoms. The molecule has 38 heavy (non-hydrogen) atoms. The highest BCUT2D eigenvalue weighted by Gasteiger charge is 2.51. The van der Waals surface area contributed by atoms with Gasteiger partial charge in [-0.05, 0) is 37.6 Å². The first kappa shape index (κ1) is 25.2. The Labute approximate surface area is 220 Å². The third-order valence-corrected chi connectivity index (χ3v) is 8.65. The SMILES string of the molecule is Cc1noc(NS(=O)(=O)C2(CNC(=O)c3ccccc3)C=C(c3ncco3)C=CC2c2ccccc2)c1C. The van der Waals surface area contributed by atoms with E-state index in [2.05, 4.69) is 20.2 Å². The molecule has 0 spiro atoms. The molecule has 5 rings (SSSR count). The van der Waals surface area contributed by atoms with Crippen LogP contribution in [-0.2, 0) is 10.0 Å². The number of nitrogens with one attached hydrogen (secondary N) is 2. The second kappa shape index (κ2) is 10.1. The Morgan fingerprint density at radius 3 is 2.39 bits per heavy atom. The molecule has 0 radical (unpaired) electrons. The number of oxazole rings is 1. The fraction of sp³-hybridized carbons (Fsp3) is 0.179. The average molecular weight is 531 g/mol. The van der Waals surface area contributed by atoms with Crippen molar-refractivity contribution in [2.24, 2.45) is 0 Å². The zero-order valence-corrected chi connectivity index (χ0v) is 21.6. The number of carbonyl (C=O) groups excluding carboxylic acids is 1. The van der Waals surface area contributed by atoms with E-state index in [9.17, 15) is 13.2 Å². The van der Waals surface area contributed by atoms with Gasteiger partial charge in [0.15, 0.2) is 0 Å². The van der Waals surface area contributed by atoms with Gasteiger partial charge in [-0.1, -0.05) is 65.8 Å². The van der Waals surface area contributed by atoms with Crippen LogP contribution in [-0.4, -0.2) is 35.8 Å². The smallest absolute Gasteiger partial charge is 0.251 e. The highest BCUT2D eigenvalue weighted by molar-refractivity contribution is 7.94. The monoisotopic (exact) mass is 530 g/mol. The number of hydrogen-bond acceptors (Lipinski definition) is 7. The Kier molecular flexibility index (Phi) is 6.73. The largest absolute Gasteiger partial charge is 0.445 e. The molecule has 1 aliphatic rings. The molecule has 0 fully saturated rings. The van der Waals surface area contributed by atoms with Crippen molar-refractivity contribution in [3.05, 3.63) is 120 Å². The molecular formula is C28H26N4O5S. The molecule has 2 heterocycles. The van der Waals surface area contributed by atoms with Gasteiger partial charge in [0, 0.05) is 29.2 Å². The van der Waals surface area contributed by atoms with Crippen molar-refractivity contribution in [2.75, 3.05) is 11.3 Å². The number of anilines is 1. The summed E-state index contributed by atoms with van der Waals surface area (Å²) >= 11 is 0. The summed E-state index contributed by atoms with van der Waals surface area (Å²) < 4.78 is 40.5. The van der Waals surface area contributed by atoms with Crippen LogP contribution in [0.3, 0.4) is 0 Å². The summed E-state index contributed by atoms with van der Waals surface area (Å²) in [5.41, 5.74) is 2.75. The Hall–Kier alpha value is -4.44. The number of benzene rings is 2. The number of nitrogens with zero attached hydrogens (tertiary/aromatic N) is 2. The van der Waals surface area contributed by atoms with E-state index >= 15 is 0 Å². The summed E-state index contributed by atoms with van der Waals surface area (Å²) in [5, 5.41) is 6.74. The van der Waals surface area contributed by atoms with Crippen LogP contribution >= 0.6 is 0 Å². The van der Waals surface area contributed by atoms with E-state index in [0.29, 0.717) is 22.4 Å². The van der Waals surface area contributed by atoms with Crippen molar-refractivity contribution >= 4 is 27.4 Å². The van der Waals surface area contributed by atoms with Crippen LogP contribution in [0.4, 0.5) is 5.88 Å². The zero-order chi connectivity index (χ0) is 26.8. The number of aryl methyl sites for hydroxylation is 1. The van der Waals surface area contributed by atoms with Gasteiger partial charge in [-0.25, -0.2) is 18.1 Å². The lowest BCUT2D eigenvalue weighted by atomic mass is 9.80. The van der Waals surface area contributed by atoms with Gasteiger partial charge in [-0.2, -0.15) is 0 Å². The first-order valence-electron chi connectivity index (χ1n) is 11.9. The molecule has 1 aliphatic carbocycles. The molecular weight excluding hydrogens is 504 g/mol. The Morgan fingerprint density at radius 2 is 1.76 bits per heavy atom.